The summed E-state index contributed by atoms with van der Waals surface area (Å²) in [6.45, 7) is 1.48. The molecule has 2 aromatic carbocycles. The summed E-state index contributed by atoms with van der Waals surface area (Å²) in [5.74, 6) is -0.503. The largest absolute Gasteiger partial charge is 0.508 e. The van der Waals surface area contributed by atoms with Gasteiger partial charge in [-0.3, -0.25) is 4.79 Å². The van der Waals surface area contributed by atoms with Crippen LogP contribution in [0.15, 0.2) is 42.5 Å². The number of carbonyl (C=O) groups excluding carboxylic acids is 1. The van der Waals surface area contributed by atoms with Crippen LogP contribution in [0.5, 0.6) is 5.75 Å². The Kier molecular flexibility index (Phi) is 4.70. The third-order valence-electron chi connectivity index (χ3n) is 4.35. The molecule has 0 radical (unpaired) electrons. The summed E-state index contributed by atoms with van der Waals surface area (Å²) in [4.78, 5) is 14.2. The number of nitrogens with zero attached hydrogens (tertiary/aromatic N) is 1. The van der Waals surface area contributed by atoms with Crippen LogP contribution in [-0.2, 0) is 6.18 Å². The van der Waals surface area contributed by atoms with Crippen LogP contribution in [0.25, 0.3) is 11.1 Å². The minimum absolute atomic E-state index is 0.0573. The molecular formula is C19H18F3NO2. The molecule has 1 saturated heterocycles. The zero-order valence-electron chi connectivity index (χ0n) is 13.5. The Hall–Kier alpha value is -2.50. The van der Waals surface area contributed by atoms with Crippen LogP contribution in [-0.4, -0.2) is 29.0 Å². The van der Waals surface area contributed by atoms with Crippen molar-refractivity contribution in [2.24, 2.45) is 0 Å². The van der Waals surface area contributed by atoms with Crippen molar-refractivity contribution in [3.8, 4) is 16.9 Å². The number of hydrogen-bond acceptors (Lipinski definition) is 2. The van der Waals surface area contributed by atoms with Gasteiger partial charge in [0.15, 0.2) is 0 Å². The van der Waals surface area contributed by atoms with Gasteiger partial charge in [-0.25, -0.2) is 0 Å². The second kappa shape index (κ2) is 6.78. The van der Waals surface area contributed by atoms with Gasteiger partial charge in [-0.2, -0.15) is 13.2 Å². The van der Waals surface area contributed by atoms with Gasteiger partial charge in [0.25, 0.3) is 5.91 Å². The number of likely N-dealkylation sites (tertiary alicyclic amines) is 1. The molecule has 0 aromatic heterocycles. The van der Waals surface area contributed by atoms with Crippen LogP contribution >= 0.6 is 0 Å². The van der Waals surface area contributed by atoms with E-state index in [-0.39, 0.29) is 11.5 Å². The fourth-order valence-electron chi connectivity index (χ4n) is 3.03. The van der Waals surface area contributed by atoms with Gasteiger partial charge in [-0.15, -0.1) is 0 Å². The highest BCUT2D eigenvalue weighted by molar-refractivity contribution is 5.94. The average Bonchev–Trinajstić information content (AvgIpc) is 2.61. The van der Waals surface area contributed by atoms with Crippen LogP contribution in [0.2, 0.25) is 0 Å². The lowest BCUT2D eigenvalue weighted by atomic mass is 10.0. The third kappa shape index (κ3) is 3.95. The summed E-state index contributed by atoms with van der Waals surface area (Å²) in [7, 11) is 0. The first-order valence-electron chi connectivity index (χ1n) is 8.15. The number of amides is 1. The fourth-order valence-corrected chi connectivity index (χ4v) is 3.03. The Morgan fingerprint density at radius 3 is 2.16 bits per heavy atom. The molecule has 1 N–H and O–H groups in total. The first-order chi connectivity index (χ1) is 11.8. The standard InChI is InChI=1S/C19H18F3NO2/c20-19(21,22)16-10-15(11-17(24)12-16)13-4-6-14(7-5-13)18(25)23-8-2-1-3-9-23/h4-7,10-12,24H,1-3,8-9H2. The number of aromatic hydroxyl groups is 1. The normalized spacial score (nSPS) is 15.2. The van der Waals surface area contributed by atoms with Crippen LogP contribution in [0, 0.1) is 0 Å². The Balaban J connectivity index is 1.85. The smallest absolute Gasteiger partial charge is 0.416 e. The van der Waals surface area contributed by atoms with Crippen molar-refractivity contribution in [1.82, 2.24) is 4.90 Å². The Morgan fingerprint density at radius 2 is 1.56 bits per heavy atom. The monoisotopic (exact) mass is 349 g/mol. The van der Waals surface area contributed by atoms with Gasteiger partial charge in [-0.1, -0.05) is 12.1 Å². The number of hydrogen-bond donors (Lipinski definition) is 1. The molecule has 6 heteroatoms. The number of alkyl halides is 3. The van der Waals surface area contributed by atoms with E-state index in [9.17, 15) is 23.1 Å². The van der Waals surface area contributed by atoms with Crippen molar-refractivity contribution in [3.05, 3.63) is 53.6 Å². The van der Waals surface area contributed by atoms with Crippen LogP contribution in [0.3, 0.4) is 0 Å². The van der Waals surface area contributed by atoms with E-state index < -0.39 is 17.5 Å². The van der Waals surface area contributed by atoms with Crippen molar-refractivity contribution >= 4 is 5.91 Å². The SMILES string of the molecule is O=C(c1ccc(-c2cc(O)cc(C(F)(F)F)c2)cc1)N1CCCCC1. The summed E-state index contributed by atoms with van der Waals surface area (Å²) in [6.07, 6.45) is -1.42. The summed E-state index contributed by atoms with van der Waals surface area (Å²) >= 11 is 0. The molecule has 2 aromatic rings. The molecule has 0 atom stereocenters. The van der Waals surface area contributed by atoms with Gasteiger partial charge in [0.1, 0.15) is 5.75 Å². The molecule has 3 nitrogen and oxygen atoms in total. The zero-order chi connectivity index (χ0) is 18.0. The van der Waals surface area contributed by atoms with Crippen molar-refractivity contribution in [1.29, 1.82) is 0 Å². The molecule has 0 bridgehead atoms. The van der Waals surface area contributed by atoms with E-state index in [4.69, 9.17) is 0 Å². The van der Waals surface area contributed by atoms with Crippen molar-refractivity contribution in [2.45, 2.75) is 25.4 Å². The van der Waals surface area contributed by atoms with Gasteiger partial charge < -0.3 is 10.0 Å². The molecule has 1 aliphatic heterocycles. The van der Waals surface area contributed by atoms with E-state index in [1.165, 1.54) is 6.07 Å². The highest BCUT2D eigenvalue weighted by Crippen LogP contribution is 2.35. The van der Waals surface area contributed by atoms with E-state index in [1.807, 2.05) is 0 Å². The molecule has 0 aliphatic carbocycles. The van der Waals surface area contributed by atoms with Crippen LogP contribution in [0.4, 0.5) is 13.2 Å². The second-order valence-corrected chi connectivity index (χ2v) is 6.20. The number of halogens is 3. The lowest BCUT2D eigenvalue weighted by Gasteiger charge is -2.26. The molecule has 1 amide bonds. The molecular weight excluding hydrogens is 331 g/mol. The predicted octanol–water partition coefficient (Wildman–Crippen LogP) is 4.70. The van der Waals surface area contributed by atoms with Gasteiger partial charge in [0.2, 0.25) is 0 Å². The fraction of sp³-hybridized carbons (Fsp3) is 0.316. The first kappa shape index (κ1) is 17.3. The van der Waals surface area contributed by atoms with Crippen molar-refractivity contribution in [3.63, 3.8) is 0 Å². The van der Waals surface area contributed by atoms with Crippen molar-refractivity contribution in [2.75, 3.05) is 13.1 Å². The summed E-state index contributed by atoms with van der Waals surface area (Å²) in [5.41, 5.74) is 0.374. The molecule has 0 unspecified atom stereocenters. The molecule has 3 rings (SSSR count). The van der Waals surface area contributed by atoms with E-state index in [2.05, 4.69) is 0 Å². The number of rotatable bonds is 2. The maximum atomic E-state index is 12.9. The highest BCUT2D eigenvalue weighted by atomic mass is 19.4. The summed E-state index contributed by atoms with van der Waals surface area (Å²) < 4.78 is 38.6. The first-order valence-corrected chi connectivity index (χ1v) is 8.15. The number of benzene rings is 2. The number of piperidine rings is 1. The molecule has 25 heavy (non-hydrogen) atoms. The van der Waals surface area contributed by atoms with Crippen LogP contribution < -0.4 is 0 Å². The molecule has 0 saturated carbocycles. The van der Waals surface area contributed by atoms with Gasteiger partial charge in [0.05, 0.1) is 5.56 Å². The highest BCUT2D eigenvalue weighted by Gasteiger charge is 2.31. The lowest BCUT2D eigenvalue weighted by Crippen LogP contribution is -2.35. The maximum absolute atomic E-state index is 12.9. The Labute approximate surface area is 143 Å². The minimum Gasteiger partial charge on any atom is -0.508 e. The number of carbonyl (C=O) groups is 1. The predicted molar refractivity (Wildman–Crippen MR) is 88.3 cm³/mol. The van der Waals surface area contributed by atoms with Gasteiger partial charge >= 0.3 is 6.18 Å². The summed E-state index contributed by atoms with van der Waals surface area (Å²) in [6, 6.07) is 9.39. The van der Waals surface area contributed by atoms with E-state index in [0.29, 0.717) is 17.2 Å². The maximum Gasteiger partial charge on any atom is 0.416 e. The second-order valence-electron chi connectivity index (χ2n) is 6.20. The molecule has 1 heterocycles. The van der Waals surface area contributed by atoms with Gasteiger partial charge in [0, 0.05) is 18.7 Å². The number of phenolic OH excluding ortho intramolecular Hbond substituents is 1. The molecule has 1 aliphatic rings. The quantitative estimate of drug-likeness (QED) is 0.853. The molecule has 132 valence electrons. The van der Waals surface area contributed by atoms with E-state index in [0.717, 1.165) is 38.4 Å². The van der Waals surface area contributed by atoms with Crippen LogP contribution in [0.1, 0.15) is 35.2 Å². The topological polar surface area (TPSA) is 40.5 Å². The number of phenols is 1. The van der Waals surface area contributed by atoms with Crippen molar-refractivity contribution < 1.29 is 23.1 Å². The Morgan fingerprint density at radius 1 is 0.920 bits per heavy atom. The van der Waals surface area contributed by atoms with E-state index in [1.54, 1.807) is 29.2 Å². The van der Waals surface area contributed by atoms with Gasteiger partial charge in [-0.05, 0) is 60.7 Å². The molecule has 1 fully saturated rings. The Bertz CT molecular complexity index is 763. The average molecular weight is 349 g/mol. The zero-order valence-corrected chi connectivity index (χ0v) is 13.5. The summed E-state index contributed by atoms with van der Waals surface area (Å²) in [5, 5.41) is 9.57. The third-order valence-corrected chi connectivity index (χ3v) is 4.35. The lowest BCUT2D eigenvalue weighted by molar-refractivity contribution is -0.137. The molecule has 0 spiro atoms. The minimum atomic E-state index is -4.53. The van der Waals surface area contributed by atoms with E-state index >= 15 is 0 Å².